The number of nitrogens with zero attached hydrogens (tertiary/aromatic N) is 3. The van der Waals surface area contributed by atoms with Crippen LogP contribution in [0.3, 0.4) is 0 Å². The molecule has 0 aliphatic carbocycles. The summed E-state index contributed by atoms with van der Waals surface area (Å²) < 4.78 is 6.42. The molecule has 0 fully saturated rings. The summed E-state index contributed by atoms with van der Waals surface area (Å²) in [5, 5.41) is 15.3. The highest BCUT2D eigenvalue weighted by molar-refractivity contribution is 5.98. The SMILES string of the molecule is COc1cc(C#N)ccc1C1C(C(=O)NN=N)=C(C)Nc2c(C)cn(N)c(=O)c21. The number of nitrogens with one attached hydrogen (secondary N) is 3. The summed E-state index contributed by atoms with van der Waals surface area (Å²) in [5.74, 6) is 4.70. The number of allylic oxidation sites excluding steroid dienone is 1. The summed E-state index contributed by atoms with van der Waals surface area (Å²) in [6.07, 6.45) is 1.50. The van der Waals surface area contributed by atoms with Gasteiger partial charge in [0.25, 0.3) is 11.5 Å². The van der Waals surface area contributed by atoms with Gasteiger partial charge in [-0.1, -0.05) is 11.3 Å². The lowest BCUT2D eigenvalue weighted by Gasteiger charge is -2.31. The molecule has 1 aliphatic rings. The highest BCUT2D eigenvalue weighted by Crippen LogP contribution is 2.44. The molecular formula is C19H19N7O3. The van der Waals surface area contributed by atoms with E-state index in [9.17, 15) is 14.9 Å². The molecule has 10 heteroatoms. The molecule has 1 atom stereocenters. The molecule has 5 N–H and O–H groups in total. The van der Waals surface area contributed by atoms with E-state index >= 15 is 0 Å². The molecule has 2 aromatic rings. The van der Waals surface area contributed by atoms with Crippen molar-refractivity contribution in [1.82, 2.24) is 10.1 Å². The molecular weight excluding hydrogens is 374 g/mol. The predicted molar refractivity (Wildman–Crippen MR) is 105 cm³/mol. The fraction of sp³-hybridized carbons (Fsp3) is 0.211. The number of nitrogen functional groups attached to an aromatic ring is 1. The molecule has 3 rings (SSSR count). The van der Waals surface area contributed by atoms with E-state index in [1.54, 1.807) is 26.0 Å². The number of benzene rings is 1. The van der Waals surface area contributed by atoms with Crippen LogP contribution < -0.4 is 26.9 Å². The number of nitrogens with two attached hydrogens (primary N) is 1. The lowest BCUT2D eigenvalue weighted by Crippen LogP contribution is -2.37. The van der Waals surface area contributed by atoms with Crippen LogP contribution in [0, 0.1) is 23.8 Å². The molecule has 0 spiro atoms. The van der Waals surface area contributed by atoms with Crippen molar-refractivity contribution in [3.8, 4) is 11.8 Å². The third kappa shape index (κ3) is 3.19. The number of methoxy groups -OCH3 is 1. The molecule has 10 nitrogen and oxygen atoms in total. The van der Waals surface area contributed by atoms with E-state index in [-0.39, 0.29) is 11.1 Å². The minimum atomic E-state index is -0.849. The van der Waals surface area contributed by atoms with Crippen molar-refractivity contribution >= 4 is 11.6 Å². The highest BCUT2D eigenvalue weighted by Gasteiger charge is 2.37. The van der Waals surface area contributed by atoms with Gasteiger partial charge in [0.2, 0.25) is 0 Å². The maximum absolute atomic E-state index is 13.0. The lowest BCUT2D eigenvalue weighted by atomic mass is 9.79. The first-order valence-electron chi connectivity index (χ1n) is 8.57. The number of nitriles is 1. The van der Waals surface area contributed by atoms with Crippen LogP contribution in [0.2, 0.25) is 0 Å². The predicted octanol–water partition coefficient (Wildman–Crippen LogP) is 1.64. The van der Waals surface area contributed by atoms with Crippen LogP contribution in [0.1, 0.15) is 35.1 Å². The molecule has 29 heavy (non-hydrogen) atoms. The smallest absolute Gasteiger partial charge is 0.274 e. The quantitative estimate of drug-likeness (QED) is 0.351. The van der Waals surface area contributed by atoms with Gasteiger partial charge in [-0.15, -0.1) is 0 Å². The Morgan fingerprint density at radius 1 is 1.45 bits per heavy atom. The molecule has 0 saturated carbocycles. The largest absolute Gasteiger partial charge is 0.496 e. The minimum Gasteiger partial charge on any atom is -0.496 e. The first-order valence-corrected chi connectivity index (χ1v) is 8.57. The number of amides is 1. The standard InChI is InChI=1S/C19H19N7O3/c1-9-8-26(22)19(28)16-15(12-5-4-11(7-20)6-13(12)29-3)14(18(27)24-25-21)10(2)23-17(9)16/h4-6,8,15,23H,22H2,1-3H3,(H2,21,24,27). The van der Waals surface area contributed by atoms with Crippen molar-refractivity contribution in [2.45, 2.75) is 19.8 Å². The fourth-order valence-corrected chi connectivity index (χ4v) is 3.58. The second-order valence-electron chi connectivity index (χ2n) is 6.53. The number of anilines is 1. The van der Waals surface area contributed by atoms with Gasteiger partial charge in [0, 0.05) is 17.5 Å². The van der Waals surface area contributed by atoms with Gasteiger partial charge in [-0.05, 0) is 31.5 Å². The summed E-state index contributed by atoms with van der Waals surface area (Å²) in [4.78, 5) is 25.7. The van der Waals surface area contributed by atoms with Gasteiger partial charge in [0.15, 0.2) is 0 Å². The lowest BCUT2D eigenvalue weighted by molar-refractivity contribution is -0.117. The average Bonchev–Trinajstić information content (AvgIpc) is 2.70. The maximum atomic E-state index is 13.0. The second kappa shape index (κ2) is 7.47. The third-order valence-electron chi connectivity index (χ3n) is 4.83. The zero-order valence-electron chi connectivity index (χ0n) is 16.0. The molecule has 0 saturated heterocycles. The molecule has 148 valence electrons. The van der Waals surface area contributed by atoms with Crippen molar-refractivity contribution in [1.29, 1.82) is 10.8 Å². The zero-order valence-corrected chi connectivity index (χ0v) is 16.0. The number of carbonyl (C=O) groups excluding carboxylic acids is 1. The summed E-state index contributed by atoms with van der Waals surface area (Å²) in [7, 11) is 1.44. The zero-order chi connectivity index (χ0) is 21.3. The molecule has 2 heterocycles. The summed E-state index contributed by atoms with van der Waals surface area (Å²) >= 11 is 0. The van der Waals surface area contributed by atoms with Gasteiger partial charge in [0.05, 0.1) is 41.5 Å². The topological polar surface area (TPSA) is 158 Å². The number of hydrogen-bond donors (Lipinski definition) is 4. The Labute approximate surface area is 166 Å². The van der Waals surface area contributed by atoms with E-state index in [0.717, 1.165) is 4.68 Å². The first kappa shape index (κ1) is 19.6. The number of carbonyl (C=O) groups is 1. The molecule has 0 radical (unpaired) electrons. The van der Waals surface area contributed by atoms with Crippen LogP contribution in [0.4, 0.5) is 5.69 Å². The summed E-state index contributed by atoms with van der Waals surface area (Å²) in [6, 6.07) is 6.79. The number of hydrogen-bond acceptors (Lipinski definition) is 8. The van der Waals surface area contributed by atoms with E-state index in [4.69, 9.17) is 16.1 Å². The minimum absolute atomic E-state index is 0.194. The molecule has 1 aliphatic heterocycles. The Morgan fingerprint density at radius 2 is 2.17 bits per heavy atom. The first-order chi connectivity index (χ1) is 13.8. The number of ether oxygens (including phenoxy) is 1. The van der Waals surface area contributed by atoms with Crippen molar-refractivity contribution < 1.29 is 9.53 Å². The van der Waals surface area contributed by atoms with Crippen LogP contribution in [0.25, 0.3) is 0 Å². The fourth-order valence-electron chi connectivity index (χ4n) is 3.58. The van der Waals surface area contributed by atoms with Crippen molar-refractivity contribution in [3.05, 3.63) is 68.3 Å². The Kier molecular flexibility index (Phi) is 5.06. The van der Waals surface area contributed by atoms with Gasteiger partial charge < -0.3 is 15.9 Å². The Bertz CT molecular complexity index is 1160. The number of pyridine rings is 1. The molecule has 1 unspecified atom stereocenters. The van der Waals surface area contributed by atoms with Gasteiger partial charge in [-0.2, -0.15) is 10.8 Å². The van der Waals surface area contributed by atoms with Gasteiger partial charge >= 0.3 is 0 Å². The van der Waals surface area contributed by atoms with Crippen molar-refractivity contribution in [2.75, 3.05) is 18.3 Å². The molecule has 1 amide bonds. The van der Waals surface area contributed by atoms with E-state index in [1.807, 2.05) is 6.07 Å². The van der Waals surface area contributed by atoms with E-state index in [0.29, 0.717) is 33.8 Å². The Hall–Kier alpha value is -4.13. The Morgan fingerprint density at radius 3 is 2.79 bits per heavy atom. The number of fused-ring (bicyclic) bond motifs is 1. The summed E-state index contributed by atoms with van der Waals surface area (Å²) in [6.45, 7) is 3.48. The van der Waals surface area contributed by atoms with E-state index in [2.05, 4.69) is 16.0 Å². The van der Waals surface area contributed by atoms with Crippen LogP contribution >= 0.6 is 0 Å². The number of aryl methyl sites for hydroxylation is 1. The second-order valence-corrected chi connectivity index (χ2v) is 6.53. The number of rotatable bonds is 4. The van der Waals surface area contributed by atoms with Crippen molar-refractivity contribution in [3.63, 3.8) is 0 Å². The van der Waals surface area contributed by atoms with Crippen LogP contribution in [-0.2, 0) is 4.79 Å². The summed E-state index contributed by atoms with van der Waals surface area (Å²) in [5.41, 5.74) is 11.7. The average molecular weight is 393 g/mol. The number of aromatic nitrogens is 1. The maximum Gasteiger partial charge on any atom is 0.274 e. The van der Waals surface area contributed by atoms with Crippen molar-refractivity contribution in [2.24, 2.45) is 5.22 Å². The molecule has 0 bridgehead atoms. The van der Waals surface area contributed by atoms with Crippen LogP contribution in [0.5, 0.6) is 5.75 Å². The third-order valence-corrected chi connectivity index (χ3v) is 4.83. The van der Waals surface area contributed by atoms with E-state index in [1.165, 1.54) is 19.4 Å². The van der Waals surface area contributed by atoms with Gasteiger partial charge in [-0.25, -0.2) is 10.1 Å². The van der Waals surface area contributed by atoms with E-state index < -0.39 is 17.4 Å². The van der Waals surface area contributed by atoms with Crippen LogP contribution in [0.15, 0.2) is 45.7 Å². The monoisotopic (exact) mass is 393 g/mol. The highest BCUT2D eigenvalue weighted by atomic mass is 16.5. The molecule has 1 aromatic carbocycles. The van der Waals surface area contributed by atoms with Gasteiger partial charge in [-0.3, -0.25) is 9.59 Å². The van der Waals surface area contributed by atoms with Crippen LogP contribution in [-0.4, -0.2) is 17.7 Å². The van der Waals surface area contributed by atoms with Gasteiger partial charge in [0.1, 0.15) is 5.75 Å². The Balaban J connectivity index is 2.40. The normalized spacial score (nSPS) is 15.0. The molecule has 1 aromatic heterocycles.